The fourth-order valence-corrected chi connectivity index (χ4v) is 2.21. The maximum Gasteiger partial charge on any atom is 0.191 e. The maximum atomic E-state index is 13.6. The molecule has 0 bridgehead atoms. The fourth-order valence-electron chi connectivity index (χ4n) is 2.21. The molecule has 5 heteroatoms. The van der Waals surface area contributed by atoms with E-state index in [1.54, 1.807) is 18.3 Å². The molecule has 105 valence electrons. The first-order valence-corrected chi connectivity index (χ1v) is 6.49. The summed E-state index contributed by atoms with van der Waals surface area (Å²) in [7, 11) is 0. The Balaban J connectivity index is 1.75. The zero-order valence-electron chi connectivity index (χ0n) is 11.0. The lowest BCUT2D eigenvalue weighted by molar-refractivity contribution is 0.104. The van der Waals surface area contributed by atoms with Gasteiger partial charge >= 0.3 is 0 Å². The van der Waals surface area contributed by atoms with E-state index < -0.39 is 11.6 Å². The number of pyridine rings is 1. The first-order chi connectivity index (χ1) is 10.1. The molecule has 0 unspecified atom stereocenters. The normalized spacial score (nSPS) is 13.4. The summed E-state index contributed by atoms with van der Waals surface area (Å²) in [6.07, 6.45) is 3.60. The van der Waals surface area contributed by atoms with E-state index in [1.807, 2.05) is 0 Å². The number of halogens is 2. The van der Waals surface area contributed by atoms with E-state index in [2.05, 4.69) is 10.3 Å². The number of carbonyl (C=O) groups is 1. The summed E-state index contributed by atoms with van der Waals surface area (Å²) in [6, 6.07) is 7.39. The Morgan fingerprint density at radius 3 is 2.76 bits per heavy atom. The van der Waals surface area contributed by atoms with Crippen molar-refractivity contribution in [1.82, 2.24) is 10.3 Å². The van der Waals surface area contributed by atoms with Crippen molar-refractivity contribution < 1.29 is 13.6 Å². The Kier molecular flexibility index (Phi) is 3.48. The highest BCUT2D eigenvalue weighted by molar-refractivity contribution is 6.09. The molecule has 1 radical (unpaired) electrons. The lowest BCUT2D eigenvalue weighted by Crippen LogP contribution is -2.14. The van der Waals surface area contributed by atoms with Crippen LogP contribution in [0.1, 0.15) is 22.3 Å². The number of hydrogen-bond acceptors (Lipinski definition) is 2. The third-order valence-corrected chi connectivity index (χ3v) is 3.28. The molecule has 0 fully saturated rings. The van der Waals surface area contributed by atoms with Crippen LogP contribution < -0.4 is 5.32 Å². The number of aryl methyl sites for hydroxylation is 1. The van der Waals surface area contributed by atoms with Gasteiger partial charge in [0.05, 0.1) is 5.56 Å². The van der Waals surface area contributed by atoms with Crippen molar-refractivity contribution in [2.45, 2.75) is 12.8 Å². The van der Waals surface area contributed by atoms with E-state index in [0.717, 1.165) is 6.07 Å². The molecule has 1 aromatic carbocycles. The molecule has 2 heterocycles. The standard InChI is InChI=1S/C16H11F2N2O/c17-13-5-1-3-10(15(13)18)6-7-11-9-14(21)12-4-2-8-19-16(12)20-11/h1-5,8-9H,6-7H2. The molecule has 2 aromatic rings. The maximum absolute atomic E-state index is 13.6. The molecule has 0 spiro atoms. The summed E-state index contributed by atoms with van der Waals surface area (Å²) in [4.78, 5) is 16.0. The van der Waals surface area contributed by atoms with Crippen LogP contribution in [0.4, 0.5) is 14.6 Å². The van der Waals surface area contributed by atoms with Gasteiger partial charge < -0.3 is 0 Å². The van der Waals surface area contributed by atoms with Gasteiger partial charge in [0.2, 0.25) is 0 Å². The summed E-state index contributed by atoms with van der Waals surface area (Å²) in [5.74, 6) is -1.51. The largest absolute Gasteiger partial charge is 0.289 e. The molecule has 0 saturated heterocycles. The minimum Gasteiger partial charge on any atom is -0.289 e. The van der Waals surface area contributed by atoms with Crippen LogP contribution in [0.5, 0.6) is 0 Å². The minimum atomic E-state index is -0.870. The average molecular weight is 285 g/mol. The number of benzene rings is 1. The van der Waals surface area contributed by atoms with Gasteiger partial charge in [-0.1, -0.05) is 12.1 Å². The summed E-state index contributed by atoms with van der Waals surface area (Å²) in [5.41, 5.74) is 1.25. The molecule has 3 rings (SSSR count). The molecule has 3 nitrogen and oxygen atoms in total. The number of nitrogens with zero attached hydrogens (tertiary/aromatic N) is 2. The van der Waals surface area contributed by atoms with Gasteiger partial charge in [-0.25, -0.2) is 19.1 Å². The van der Waals surface area contributed by atoms with Crippen molar-refractivity contribution in [3.8, 4) is 0 Å². The second kappa shape index (κ2) is 5.44. The van der Waals surface area contributed by atoms with Gasteiger partial charge in [-0.2, -0.15) is 0 Å². The number of ketones is 1. The van der Waals surface area contributed by atoms with Crippen LogP contribution >= 0.6 is 0 Å². The van der Waals surface area contributed by atoms with Crippen molar-refractivity contribution in [3.63, 3.8) is 0 Å². The molecule has 0 aliphatic carbocycles. The highest BCUT2D eigenvalue weighted by Crippen LogP contribution is 2.23. The molecule has 21 heavy (non-hydrogen) atoms. The van der Waals surface area contributed by atoms with E-state index in [0.29, 0.717) is 23.5 Å². The quantitative estimate of drug-likeness (QED) is 0.868. The van der Waals surface area contributed by atoms with Crippen molar-refractivity contribution in [1.29, 1.82) is 0 Å². The van der Waals surface area contributed by atoms with Crippen molar-refractivity contribution in [2.24, 2.45) is 0 Å². The smallest absolute Gasteiger partial charge is 0.191 e. The Morgan fingerprint density at radius 2 is 1.90 bits per heavy atom. The van der Waals surface area contributed by atoms with Crippen molar-refractivity contribution in [3.05, 3.63) is 71.1 Å². The summed E-state index contributed by atoms with van der Waals surface area (Å²) in [6.45, 7) is 0. The molecule has 0 amide bonds. The van der Waals surface area contributed by atoms with E-state index in [-0.39, 0.29) is 17.8 Å². The fraction of sp³-hybridized carbons (Fsp3) is 0.125. The third kappa shape index (κ3) is 2.67. The number of fused-ring (bicyclic) bond motifs is 1. The highest BCUT2D eigenvalue weighted by Gasteiger charge is 2.19. The first-order valence-electron chi connectivity index (χ1n) is 6.49. The van der Waals surface area contributed by atoms with Crippen LogP contribution in [0.25, 0.3) is 0 Å². The topological polar surface area (TPSA) is 44.1 Å². The molecule has 1 aromatic heterocycles. The number of rotatable bonds is 3. The molecule has 0 saturated carbocycles. The van der Waals surface area contributed by atoms with E-state index in [9.17, 15) is 13.6 Å². The van der Waals surface area contributed by atoms with Crippen LogP contribution in [0, 0.1) is 11.6 Å². The lowest BCUT2D eigenvalue weighted by atomic mass is 10.0. The number of aromatic nitrogens is 1. The van der Waals surface area contributed by atoms with Gasteiger partial charge in [0.25, 0.3) is 0 Å². The van der Waals surface area contributed by atoms with Gasteiger partial charge in [-0.05, 0) is 36.6 Å². The molecule has 0 atom stereocenters. The molecular formula is C16H11F2N2O. The van der Waals surface area contributed by atoms with Crippen LogP contribution in [-0.4, -0.2) is 10.8 Å². The second-order valence-corrected chi connectivity index (χ2v) is 4.70. The average Bonchev–Trinajstić information content (AvgIpc) is 2.49. The van der Waals surface area contributed by atoms with E-state index in [1.165, 1.54) is 18.2 Å². The molecular weight excluding hydrogens is 274 g/mol. The Bertz CT molecular complexity index is 741. The van der Waals surface area contributed by atoms with E-state index >= 15 is 0 Å². The minimum absolute atomic E-state index is 0.164. The van der Waals surface area contributed by atoms with Crippen LogP contribution in [0.2, 0.25) is 0 Å². The van der Waals surface area contributed by atoms with Crippen molar-refractivity contribution in [2.75, 3.05) is 0 Å². The zero-order chi connectivity index (χ0) is 14.8. The summed E-state index contributed by atoms with van der Waals surface area (Å²) < 4.78 is 26.7. The Hall–Kier alpha value is -2.56. The third-order valence-electron chi connectivity index (χ3n) is 3.28. The van der Waals surface area contributed by atoms with E-state index in [4.69, 9.17) is 0 Å². The van der Waals surface area contributed by atoms with Crippen LogP contribution in [0.15, 0.2) is 48.3 Å². The predicted molar refractivity (Wildman–Crippen MR) is 73.1 cm³/mol. The molecule has 0 N–H and O–H groups in total. The monoisotopic (exact) mass is 285 g/mol. The number of hydrogen-bond donors (Lipinski definition) is 0. The van der Waals surface area contributed by atoms with Gasteiger partial charge in [0, 0.05) is 18.0 Å². The first kappa shape index (κ1) is 13.4. The predicted octanol–water partition coefficient (Wildman–Crippen LogP) is 3.31. The second-order valence-electron chi connectivity index (χ2n) is 4.70. The Labute approximate surface area is 120 Å². The van der Waals surface area contributed by atoms with Gasteiger partial charge in [0.15, 0.2) is 23.2 Å². The molecule has 1 aliphatic heterocycles. The lowest BCUT2D eigenvalue weighted by Gasteiger charge is -2.14. The van der Waals surface area contributed by atoms with Gasteiger partial charge in [0.1, 0.15) is 0 Å². The molecule has 1 aliphatic rings. The number of allylic oxidation sites excluding steroid dienone is 2. The summed E-state index contributed by atoms with van der Waals surface area (Å²) in [5, 5.41) is 4.28. The van der Waals surface area contributed by atoms with Crippen molar-refractivity contribution >= 4 is 11.6 Å². The highest BCUT2D eigenvalue weighted by atomic mass is 19.2. The van der Waals surface area contributed by atoms with Crippen LogP contribution in [0.3, 0.4) is 0 Å². The van der Waals surface area contributed by atoms with Gasteiger partial charge in [-0.15, -0.1) is 0 Å². The van der Waals surface area contributed by atoms with Gasteiger partial charge in [-0.3, -0.25) is 4.79 Å². The Morgan fingerprint density at radius 1 is 1.05 bits per heavy atom. The van der Waals surface area contributed by atoms with Crippen LogP contribution in [-0.2, 0) is 6.42 Å². The zero-order valence-corrected chi connectivity index (χ0v) is 11.0. The SMILES string of the molecule is O=C1C=C(CCc2cccc(F)c2F)[N]c2ncccc21. The summed E-state index contributed by atoms with van der Waals surface area (Å²) >= 11 is 0. The number of carbonyl (C=O) groups excluding carboxylic acids is 1.